The summed E-state index contributed by atoms with van der Waals surface area (Å²) in [6, 6.07) is 19.8. The second-order valence-corrected chi connectivity index (χ2v) is 5.86. The molecule has 0 aliphatic heterocycles. The van der Waals surface area contributed by atoms with Gasteiger partial charge < -0.3 is 9.47 Å². The van der Waals surface area contributed by atoms with Crippen molar-refractivity contribution in [3.05, 3.63) is 95.8 Å². The quantitative estimate of drug-likeness (QED) is 0.543. The van der Waals surface area contributed by atoms with Crippen LogP contribution in [0.4, 0.5) is 4.39 Å². The molecule has 0 heterocycles. The van der Waals surface area contributed by atoms with Gasteiger partial charge in [-0.25, -0.2) is 9.18 Å². The lowest BCUT2D eigenvalue weighted by Gasteiger charge is -2.16. The molecule has 0 atom stereocenters. The van der Waals surface area contributed by atoms with Gasteiger partial charge in [-0.1, -0.05) is 67.3 Å². The highest BCUT2D eigenvalue weighted by Crippen LogP contribution is 2.36. The highest BCUT2D eigenvalue weighted by Gasteiger charge is 2.22. The number of rotatable bonds is 6. The summed E-state index contributed by atoms with van der Waals surface area (Å²) >= 11 is 0. The first kappa shape index (κ1) is 18.4. The first-order valence-corrected chi connectivity index (χ1v) is 8.45. The van der Waals surface area contributed by atoms with Gasteiger partial charge in [0.05, 0.1) is 12.7 Å². The molecule has 0 amide bonds. The molecule has 0 unspecified atom stereocenters. The molecule has 136 valence electrons. The summed E-state index contributed by atoms with van der Waals surface area (Å²) in [5.41, 5.74) is 2.05. The molecule has 0 saturated carbocycles. The Hall–Kier alpha value is -3.40. The van der Waals surface area contributed by atoms with Gasteiger partial charge in [0.25, 0.3) is 0 Å². The van der Waals surface area contributed by atoms with Gasteiger partial charge in [-0.3, -0.25) is 0 Å². The molecule has 4 heteroatoms. The van der Waals surface area contributed by atoms with Crippen LogP contribution in [0.3, 0.4) is 0 Å². The Bertz CT molecular complexity index is 965. The number of hydrogen-bond acceptors (Lipinski definition) is 3. The van der Waals surface area contributed by atoms with Crippen LogP contribution in [0, 0.1) is 5.82 Å². The zero-order chi connectivity index (χ0) is 19.2. The van der Waals surface area contributed by atoms with Crippen molar-refractivity contribution in [2.75, 3.05) is 7.11 Å². The average Bonchev–Trinajstić information content (AvgIpc) is 2.72. The van der Waals surface area contributed by atoms with E-state index in [9.17, 15) is 4.79 Å². The predicted molar refractivity (Wildman–Crippen MR) is 104 cm³/mol. The maximum Gasteiger partial charge on any atom is 0.338 e. The van der Waals surface area contributed by atoms with E-state index in [-0.39, 0.29) is 11.1 Å². The van der Waals surface area contributed by atoms with E-state index in [1.54, 1.807) is 24.3 Å². The van der Waals surface area contributed by atoms with Crippen LogP contribution in [0.2, 0.25) is 0 Å². The van der Waals surface area contributed by atoms with Crippen LogP contribution in [-0.4, -0.2) is 13.1 Å². The SMILES string of the molecule is C=Cc1ccc(C(=O)OC)c(-c2ccccc2OCc2ccccc2)c1F. The van der Waals surface area contributed by atoms with Crippen molar-refractivity contribution in [2.45, 2.75) is 6.61 Å². The molecule has 0 radical (unpaired) electrons. The number of ether oxygens (including phenoxy) is 2. The van der Waals surface area contributed by atoms with Gasteiger partial charge in [0.15, 0.2) is 0 Å². The number of methoxy groups -OCH3 is 1. The summed E-state index contributed by atoms with van der Waals surface area (Å²) in [6.45, 7) is 3.96. The van der Waals surface area contributed by atoms with Crippen LogP contribution >= 0.6 is 0 Å². The van der Waals surface area contributed by atoms with Crippen LogP contribution in [0.5, 0.6) is 5.75 Å². The molecule has 0 bridgehead atoms. The van der Waals surface area contributed by atoms with E-state index < -0.39 is 11.8 Å². The number of benzene rings is 3. The van der Waals surface area contributed by atoms with Gasteiger partial charge in [-0.2, -0.15) is 0 Å². The minimum absolute atomic E-state index is 0.136. The summed E-state index contributed by atoms with van der Waals surface area (Å²) in [4.78, 5) is 12.2. The van der Waals surface area contributed by atoms with E-state index in [1.807, 2.05) is 30.3 Å². The van der Waals surface area contributed by atoms with E-state index in [0.717, 1.165) is 5.56 Å². The van der Waals surface area contributed by atoms with Gasteiger partial charge in [0, 0.05) is 16.7 Å². The lowest BCUT2D eigenvalue weighted by molar-refractivity contribution is 0.0601. The number of carbonyl (C=O) groups excluding carboxylic acids is 1. The predicted octanol–water partition coefficient (Wildman–Crippen LogP) is 5.50. The minimum Gasteiger partial charge on any atom is -0.488 e. The van der Waals surface area contributed by atoms with Crippen molar-refractivity contribution in [2.24, 2.45) is 0 Å². The van der Waals surface area contributed by atoms with E-state index in [1.165, 1.54) is 25.3 Å². The van der Waals surface area contributed by atoms with E-state index in [0.29, 0.717) is 23.5 Å². The van der Waals surface area contributed by atoms with Crippen molar-refractivity contribution < 1.29 is 18.7 Å². The Morgan fingerprint density at radius 1 is 1.04 bits per heavy atom. The molecule has 3 nitrogen and oxygen atoms in total. The fraction of sp³-hybridized carbons (Fsp3) is 0.0870. The van der Waals surface area contributed by atoms with E-state index >= 15 is 4.39 Å². The van der Waals surface area contributed by atoms with Gasteiger partial charge in [-0.05, 0) is 17.7 Å². The van der Waals surface area contributed by atoms with E-state index in [2.05, 4.69) is 6.58 Å². The molecule has 3 rings (SSSR count). The standard InChI is InChI=1S/C23H19FO3/c1-3-17-13-14-19(23(25)26-2)21(22(17)24)18-11-7-8-12-20(18)27-15-16-9-5-4-6-10-16/h3-14H,1,15H2,2H3. The van der Waals surface area contributed by atoms with Crippen molar-refractivity contribution in [3.8, 4) is 16.9 Å². The maximum absolute atomic E-state index is 15.1. The number of carbonyl (C=O) groups is 1. The molecule has 27 heavy (non-hydrogen) atoms. The van der Waals surface area contributed by atoms with E-state index in [4.69, 9.17) is 9.47 Å². The van der Waals surface area contributed by atoms with Crippen molar-refractivity contribution in [3.63, 3.8) is 0 Å². The molecule has 0 aliphatic carbocycles. The Labute approximate surface area is 157 Å². The second-order valence-electron chi connectivity index (χ2n) is 5.86. The number of hydrogen-bond donors (Lipinski definition) is 0. The zero-order valence-corrected chi connectivity index (χ0v) is 14.9. The molecule has 0 aromatic heterocycles. The summed E-state index contributed by atoms with van der Waals surface area (Å²) in [6.07, 6.45) is 1.41. The number of para-hydroxylation sites is 1. The fourth-order valence-electron chi connectivity index (χ4n) is 2.83. The molecule has 0 fully saturated rings. The average molecular weight is 362 g/mol. The smallest absolute Gasteiger partial charge is 0.338 e. The van der Waals surface area contributed by atoms with Crippen LogP contribution in [0.25, 0.3) is 17.2 Å². The molecule has 0 N–H and O–H groups in total. The van der Waals surface area contributed by atoms with Gasteiger partial charge in [0.2, 0.25) is 0 Å². The van der Waals surface area contributed by atoms with Crippen molar-refractivity contribution in [1.29, 1.82) is 0 Å². The lowest BCUT2D eigenvalue weighted by atomic mass is 9.95. The fourth-order valence-corrected chi connectivity index (χ4v) is 2.83. The summed E-state index contributed by atoms with van der Waals surface area (Å²) in [7, 11) is 1.27. The third kappa shape index (κ3) is 3.90. The van der Waals surface area contributed by atoms with Crippen LogP contribution in [0.15, 0.2) is 73.3 Å². The largest absolute Gasteiger partial charge is 0.488 e. The monoisotopic (exact) mass is 362 g/mol. The maximum atomic E-state index is 15.1. The highest BCUT2D eigenvalue weighted by atomic mass is 19.1. The summed E-state index contributed by atoms with van der Waals surface area (Å²) in [5, 5.41) is 0. The normalized spacial score (nSPS) is 10.3. The van der Waals surface area contributed by atoms with Gasteiger partial charge in [0.1, 0.15) is 18.2 Å². The third-order valence-corrected chi connectivity index (χ3v) is 4.19. The van der Waals surface area contributed by atoms with Gasteiger partial charge >= 0.3 is 5.97 Å². The third-order valence-electron chi connectivity index (χ3n) is 4.19. The molecular weight excluding hydrogens is 343 g/mol. The first-order chi connectivity index (χ1) is 13.2. The van der Waals surface area contributed by atoms with Crippen LogP contribution in [-0.2, 0) is 11.3 Å². The summed E-state index contributed by atoms with van der Waals surface area (Å²) < 4.78 is 25.9. The number of esters is 1. The highest BCUT2D eigenvalue weighted by molar-refractivity contribution is 5.99. The second kappa shape index (κ2) is 8.32. The van der Waals surface area contributed by atoms with Crippen LogP contribution in [0.1, 0.15) is 21.5 Å². The topological polar surface area (TPSA) is 35.5 Å². The Balaban J connectivity index is 2.08. The molecule has 0 spiro atoms. The minimum atomic E-state index is -0.614. The Morgan fingerprint density at radius 2 is 1.74 bits per heavy atom. The Morgan fingerprint density at radius 3 is 2.44 bits per heavy atom. The molecule has 3 aromatic rings. The molecule has 0 saturated heterocycles. The molecular formula is C23H19FO3. The summed E-state index contributed by atoms with van der Waals surface area (Å²) in [5.74, 6) is -0.673. The van der Waals surface area contributed by atoms with Crippen LogP contribution < -0.4 is 4.74 Å². The first-order valence-electron chi connectivity index (χ1n) is 8.45. The van der Waals surface area contributed by atoms with Crippen molar-refractivity contribution in [1.82, 2.24) is 0 Å². The van der Waals surface area contributed by atoms with Gasteiger partial charge in [-0.15, -0.1) is 0 Å². The zero-order valence-electron chi connectivity index (χ0n) is 14.9. The number of halogens is 1. The Kier molecular flexibility index (Phi) is 5.67. The lowest BCUT2D eigenvalue weighted by Crippen LogP contribution is -2.07. The molecule has 3 aromatic carbocycles. The van der Waals surface area contributed by atoms with Crippen molar-refractivity contribution >= 4 is 12.0 Å². The molecule has 0 aliphatic rings.